The second-order valence-electron chi connectivity index (χ2n) is 5.22. The largest absolute Gasteiger partial charge is 0.465 e. The van der Waals surface area contributed by atoms with Crippen LogP contribution < -0.4 is 4.74 Å². The monoisotopic (exact) mass is 344 g/mol. The molecule has 0 N–H and O–H groups in total. The number of halogens is 2. The van der Waals surface area contributed by atoms with E-state index in [0.29, 0.717) is 6.42 Å². The molecule has 0 bridgehead atoms. The molecule has 0 fully saturated rings. The van der Waals surface area contributed by atoms with E-state index in [1.165, 1.54) is 12.1 Å². The Balaban J connectivity index is 3.00. The molecule has 0 aliphatic heterocycles. The van der Waals surface area contributed by atoms with Gasteiger partial charge in [-0.1, -0.05) is 44.9 Å². The van der Waals surface area contributed by atoms with Crippen molar-refractivity contribution >= 4 is 23.5 Å². The zero-order valence-corrected chi connectivity index (χ0v) is 14.4. The van der Waals surface area contributed by atoms with E-state index >= 15 is 0 Å². The van der Waals surface area contributed by atoms with Crippen LogP contribution in [0.5, 0.6) is 5.75 Å². The summed E-state index contributed by atoms with van der Waals surface area (Å²) in [6.07, 6.45) is 1.97. The van der Waals surface area contributed by atoms with E-state index in [4.69, 9.17) is 21.1 Å². The Bertz CT molecular complexity index is 535. The second kappa shape index (κ2) is 8.87. The van der Waals surface area contributed by atoms with Crippen molar-refractivity contribution in [3.63, 3.8) is 0 Å². The van der Waals surface area contributed by atoms with Crippen LogP contribution in [-0.4, -0.2) is 18.5 Å². The second-order valence-corrected chi connectivity index (χ2v) is 5.63. The van der Waals surface area contributed by atoms with Crippen LogP contribution >= 0.6 is 11.6 Å². The SMILES string of the molecule is CCCCOC(=O)C(CC)(CC)C(=O)Oc1c(F)cccc1Cl. The van der Waals surface area contributed by atoms with Crippen molar-refractivity contribution in [2.24, 2.45) is 5.41 Å². The lowest BCUT2D eigenvalue weighted by molar-refractivity contribution is -0.168. The predicted molar refractivity (Wildman–Crippen MR) is 85.9 cm³/mol. The van der Waals surface area contributed by atoms with Crippen molar-refractivity contribution < 1.29 is 23.5 Å². The van der Waals surface area contributed by atoms with Crippen LogP contribution in [0.2, 0.25) is 5.02 Å². The molecule has 4 nitrogen and oxygen atoms in total. The van der Waals surface area contributed by atoms with E-state index in [2.05, 4.69) is 0 Å². The van der Waals surface area contributed by atoms with Crippen molar-refractivity contribution in [1.29, 1.82) is 0 Å². The van der Waals surface area contributed by atoms with Crippen molar-refractivity contribution in [3.8, 4) is 5.75 Å². The average molecular weight is 345 g/mol. The summed E-state index contributed by atoms with van der Waals surface area (Å²) in [5, 5.41) is -0.0289. The van der Waals surface area contributed by atoms with Crippen molar-refractivity contribution in [1.82, 2.24) is 0 Å². The summed E-state index contributed by atoms with van der Waals surface area (Å²) in [6.45, 7) is 5.59. The third-order valence-corrected chi connectivity index (χ3v) is 4.13. The first-order valence-electron chi connectivity index (χ1n) is 7.76. The predicted octanol–water partition coefficient (Wildman–Crippen LogP) is 4.53. The molecule has 1 aromatic carbocycles. The first-order valence-corrected chi connectivity index (χ1v) is 8.14. The number of para-hydroxylation sites is 1. The highest BCUT2D eigenvalue weighted by atomic mass is 35.5. The summed E-state index contributed by atoms with van der Waals surface area (Å²) in [5.41, 5.74) is -1.46. The van der Waals surface area contributed by atoms with Gasteiger partial charge in [-0.05, 0) is 31.4 Å². The number of esters is 2. The number of rotatable bonds is 8. The number of unbranched alkanes of at least 4 members (excludes halogenated alkanes) is 1. The maximum Gasteiger partial charge on any atom is 0.329 e. The molecular formula is C17H22ClFO4. The summed E-state index contributed by atoms with van der Waals surface area (Å²) in [6, 6.07) is 3.95. The normalized spacial score (nSPS) is 11.2. The molecule has 0 saturated carbocycles. The van der Waals surface area contributed by atoms with Gasteiger partial charge < -0.3 is 9.47 Å². The lowest BCUT2D eigenvalue weighted by atomic mass is 9.82. The Morgan fingerprint density at radius 1 is 1.17 bits per heavy atom. The maximum atomic E-state index is 13.8. The van der Waals surface area contributed by atoms with Crippen molar-refractivity contribution in [2.45, 2.75) is 46.5 Å². The number of carbonyl (C=O) groups is 2. The molecule has 0 saturated heterocycles. The number of ether oxygens (including phenoxy) is 2. The van der Waals surface area contributed by atoms with E-state index < -0.39 is 23.2 Å². The molecule has 0 aliphatic carbocycles. The molecule has 0 radical (unpaired) electrons. The van der Waals surface area contributed by atoms with Crippen molar-refractivity contribution in [2.75, 3.05) is 6.61 Å². The third kappa shape index (κ3) is 4.44. The molecule has 0 amide bonds. The van der Waals surface area contributed by atoms with Crippen LogP contribution in [0, 0.1) is 11.2 Å². The van der Waals surface area contributed by atoms with Gasteiger partial charge in [0, 0.05) is 0 Å². The molecule has 0 aliphatic rings. The maximum absolute atomic E-state index is 13.8. The lowest BCUT2D eigenvalue weighted by Crippen LogP contribution is -2.42. The minimum absolute atomic E-state index is 0.0289. The zero-order valence-electron chi connectivity index (χ0n) is 13.7. The fourth-order valence-corrected chi connectivity index (χ4v) is 2.33. The van der Waals surface area contributed by atoms with Gasteiger partial charge in [0.05, 0.1) is 11.6 Å². The Kier molecular flexibility index (Phi) is 7.49. The fourth-order valence-electron chi connectivity index (χ4n) is 2.13. The first-order chi connectivity index (χ1) is 10.9. The van der Waals surface area contributed by atoms with Crippen LogP contribution in [0.3, 0.4) is 0 Å². The molecule has 0 heterocycles. The smallest absolute Gasteiger partial charge is 0.329 e. The van der Waals surface area contributed by atoms with Gasteiger partial charge in [0.2, 0.25) is 0 Å². The van der Waals surface area contributed by atoms with Gasteiger partial charge in [0.15, 0.2) is 17.0 Å². The van der Waals surface area contributed by atoms with Gasteiger partial charge in [0.25, 0.3) is 0 Å². The Morgan fingerprint density at radius 2 is 1.83 bits per heavy atom. The van der Waals surface area contributed by atoms with Crippen LogP contribution in [0.25, 0.3) is 0 Å². The first kappa shape index (κ1) is 19.4. The van der Waals surface area contributed by atoms with Gasteiger partial charge in [0.1, 0.15) is 0 Å². The van der Waals surface area contributed by atoms with Gasteiger partial charge in [-0.25, -0.2) is 4.39 Å². The molecule has 0 unspecified atom stereocenters. The quantitative estimate of drug-likeness (QED) is 0.301. The topological polar surface area (TPSA) is 52.6 Å². The summed E-state index contributed by atoms with van der Waals surface area (Å²) < 4.78 is 24.1. The number of hydrogen-bond acceptors (Lipinski definition) is 4. The number of benzene rings is 1. The number of hydrogen-bond donors (Lipinski definition) is 0. The zero-order chi connectivity index (χ0) is 17.5. The van der Waals surface area contributed by atoms with Crippen LogP contribution in [0.4, 0.5) is 4.39 Å². The standard InChI is InChI=1S/C17H22ClFO4/c1-4-7-11-22-15(20)17(5-2,6-3)16(21)23-14-12(18)9-8-10-13(14)19/h8-10H,4-7,11H2,1-3H3. The summed E-state index contributed by atoms with van der Waals surface area (Å²) in [7, 11) is 0. The molecule has 1 rings (SSSR count). The highest BCUT2D eigenvalue weighted by molar-refractivity contribution is 6.32. The highest BCUT2D eigenvalue weighted by Crippen LogP contribution is 2.34. The van der Waals surface area contributed by atoms with E-state index in [1.807, 2.05) is 6.92 Å². The summed E-state index contributed by atoms with van der Waals surface area (Å²) in [5.74, 6) is -2.62. The molecule has 0 atom stereocenters. The Morgan fingerprint density at radius 3 is 2.35 bits per heavy atom. The van der Waals surface area contributed by atoms with Gasteiger partial charge in [-0.3, -0.25) is 9.59 Å². The molecule has 1 aromatic rings. The van der Waals surface area contributed by atoms with Gasteiger partial charge in [-0.2, -0.15) is 0 Å². The Hall–Kier alpha value is -1.62. The number of carbonyl (C=O) groups excluding carboxylic acids is 2. The van der Waals surface area contributed by atoms with Gasteiger partial charge >= 0.3 is 11.9 Å². The fraction of sp³-hybridized carbons (Fsp3) is 0.529. The minimum atomic E-state index is -1.46. The highest BCUT2D eigenvalue weighted by Gasteiger charge is 2.46. The molecular weight excluding hydrogens is 323 g/mol. The average Bonchev–Trinajstić information content (AvgIpc) is 2.53. The minimum Gasteiger partial charge on any atom is -0.465 e. The third-order valence-electron chi connectivity index (χ3n) is 3.83. The molecule has 128 valence electrons. The van der Waals surface area contributed by atoms with E-state index in [9.17, 15) is 14.0 Å². The van der Waals surface area contributed by atoms with Crippen LogP contribution in [0.1, 0.15) is 46.5 Å². The summed E-state index contributed by atoms with van der Waals surface area (Å²) in [4.78, 5) is 24.9. The molecule has 0 spiro atoms. The Labute approximate surface area is 140 Å². The summed E-state index contributed by atoms with van der Waals surface area (Å²) >= 11 is 5.86. The van der Waals surface area contributed by atoms with E-state index in [1.54, 1.807) is 13.8 Å². The van der Waals surface area contributed by atoms with Gasteiger partial charge in [-0.15, -0.1) is 0 Å². The van der Waals surface area contributed by atoms with Crippen molar-refractivity contribution in [3.05, 3.63) is 29.0 Å². The van der Waals surface area contributed by atoms with E-state index in [-0.39, 0.29) is 30.2 Å². The van der Waals surface area contributed by atoms with E-state index in [0.717, 1.165) is 12.5 Å². The lowest BCUT2D eigenvalue weighted by Gasteiger charge is -2.27. The van der Waals surface area contributed by atoms with Crippen LogP contribution in [-0.2, 0) is 14.3 Å². The molecule has 6 heteroatoms. The molecule has 0 aromatic heterocycles. The van der Waals surface area contributed by atoms with Crippen LogP contribution in [0.15, 0.2) is 18.2 Å². The molecule has 23 heavy (non-hydrogen) atoms.